The molecule has 7 nitrogen and oxygen atoms in total. The lowest BCUT2D eigenvalue weighted by Crippen LogP contribution is -2.32. The Morgan fingerprint density at radius 3 is 2.29 bits per heavy atom. The van der Waals surface area contributed by atoms with Gasteiger partial charge in [0.25, 0.3) is 5.56 Å². The molecule has 1 amide bonds. The molecule has 0 fully saturated rings. The molecule has 1 atom stereocenters. The second-order valence-electron chi connectivity index (χ2n) is 7.33. The molecule has 0 aliphatic heterocycles. The Balaban J connectivity index is 1.86. The van der Waals surface area contributed by atoms with Gasteiger partial charge in [-0.05, 0) is 49.7 Å². The van der Waals surface area contributed by atoms with Crippen molar-refractivity contribution >= 4 is 32.5 Å². The topological polar surface area (TPSA) is 88.5 Å². The van der Waals surface area contributed by atoms with Crippen LogP contribution >= 0.6 is 0 Å². The van der Waals surface area contributed by atoms with Gasteiger partial charge in [-0.3, -0.25) is 14.2 Å². The first-order chi connectivity index (χ1) is 14.7. The zero-order valence-corrected chi connectivity index (χ0v) is 18.9. The number of benzene rings is 2. The third kappa shape index (κ3) is 4.40. The van der Waals surface area contributed by atoms with Crippen molar-refractivity contribution in [2.24, 2.45) is 0 Å². The Morgan fingerprint density at radius 1 is 1.06 bits per heavy atom. The van der Waals surface area contributed by atoms with Crippen molar-refractivity contribution in [1.29, 1.82) is 0 Å². The standard InChI is InChI=1S/C23H27N3O4S/c1-5-25(6-2)31(29,30)19-13-11-18(12-14-19)24-23(28)17(4)26-21-10-8-7-9-20(21)16(3)15-22(26)27/h7-15,17H,5-6H2,1-4H3,(H,24,28). The minimum atomic E-state index is -3.56. The summed E-state index contributed by atoms with van der Waals surface area (Å²) >= 11 is 0. The van der Waals surface area contributed by atoms with Crippen molar-refractivity contribution in [3.05, 3.63) is 70.5 Å². The fourth-order valence-corrected chi connectivity index (χ4v) is 5.11. The number of nitrogens with one attached hydrogen (secondary N) is 1. The van der Waals surface area contributed by atoms with Crippen LogP contribution in [0.15, 0.2) is 64.3 Å². The Morgan fingerprint density at radius 2 is 1.68 bits per heavy atom. The second-order valence-corrected chi connectivity index (χ2v) is 9.27. The van der Waals surface area contributed by atoms with E-state index in [9.17, 15) is 18.0 Å². The van der Waals surface area contributed by atoms with Crippen LogP contribution in [0.2, 0.25) is 0 Å². The van der Waals surface area contributed by atoms with Gasteiger partial charge in [-0.1, -0.05) is 32.0 Å². The number of amides is 1. The summed E-state index contributed by atoms with van der Waals surface area (Å²) in [5, 5.41) is 3.69. The van der Waals surface area contributed by atoms with Gasteiger partial charge in [0.15, 0.2) is 0 Å². The zero-order chi connectivity index (χ0) is 22.8. The first-order valence-corrected chi connectivity index (χ1v) is 11.7. The number of aryl methyl sites for hydroxylation is 1. The van der Waals surface area contributed by atoms with Crippen LogP contribution in [-0.2, 0) is 14.8 Å². The van der Waals surface area contributed by atoms with E-state index in [1.165, 1.54) is 27.1 Å². The van der Waals surface area contributed by atoms with Gasteiger partial charge in [0.2, 0.25) is 15.9 Å². The number of carbonyl (C=O) groups is 1. The van der Waals surface area contributed by atoms with Gasteiger partial charge in [0.1, 0.15) is 6.04 Å². The molecule has 0 bridgehead atoms. The molecule has 0 saturated carbocycles. The Labute approximate surface area is 182 Å². The lowest BCUT2D eigenvalue weighted by atomic mass is 10.1. The summed E-state index contributed by atoms with van der Waals surface area (Å²) in [6.45, 7) is 7.87. The monoisotopic (exact) mass is 441 g/mol. The normalized spacial score (nSPS) is 12.8. The third-order valence-corrected chi connectivity index (χ3v) is 7.46. The van der Waals surface area contributed by atoms with E-state index in [0.717, 1.165) is 10.9 Å². The van der Waals surface area contributed by atoms with Crippen molar-refractivity contribution in [2.45, 2.75) is 38.6 Å². The fraction of sp³-hybridized carbons (Fsp3) is 0.304. The molecule has 164 valence electrons. The highest BCUT2D eigenvalue weighted by molar-refractivity contribution is 7.89. The number of pyridine rings is 1. The zero-order valence-electron chi connectivity index (χ0n) is 18.1. The molecule has 31 heavy (non-hydrogen) atoms. The molecule has 1 heterocycles. The molecule has 3 rings (SSSR count). The number of carbonyl (C=O) groups excluding carboxylic acids is 1. The number of sulfonamides is 1. The molecule has 0 aliphatic rings. The van der Waals surface area contributed by atoms with E-state index in [2.05, 4.69) is 5.32 Å². The number of rotatable bonds is 7. The molecule has 1 aromatic heterocycles. The highest BCUT2D eigenvalue weighted by Crippen LogP contribution is 2.22. The molecule has 0 aliphatic carbocycles. The Hall–Kier alpha value is -2.97. The molecule has 0 radical (unpaired) electrons. The number of aromatic nitrogens is 1. The smallest absolute Gasteiger partial charge is 0.252 e. The van der Waals surface area contributed by atoms with E-state index in [0.29, 0.717) is 24.3 Å². The van der Waals surface area contributed by atoms with Gasteiger partial charge in [-0.25, -0.2) is 8.42 Å². The van der Waals surface area contributed by atoms with Crippen molar-refractivity contribution in [3.63, 3.8) is 0 Å². The molecule has 3 aromatic rings. The van der Waals surface area contributed by atoms with Crippen LogP contribution in [-0.4, -0.2) is 36.3 Å². The van der Waals surface area contributed by atoms with Crippen LogP contribution < -0.4 is 10.9 Å². The van der Waals surface area contributed by atoms with Gasteiger partial charge in [0.05, 0.1) is 10.4 Å². The first-order valence-electron chi connectivity index (χ1n) is 10.2. The van der Waals surface area contributed by atoms with Gasteiger partial charge >= 0.3 is 0 Å². The average molecular weight is 442 g/mol. The van der Waals surface area contributed by atoms with Gasteiger partial charge < -0.3 is 5.32 Å². The van der Waals surface area contributed by atoms with Gasteiger partial charge in [-0.2, -0.15) is 4.31 Å². The van der Waals surface area contributed by atoms with Crippen molar-refractivity contribution in [1.82, 2.24) is 8.87 Å². The number of fused-ring (bicyclic) bond motifs is 1. The first kappa shape index (κ1) is 22.7. The summed E-state index contributed by atoms with van der Waals surface area (Å²) in [6, 6.07) is 14.3. The predicted octanol–water partition coefficient (Wildman–Crippen LogP) is 3.54. The lowest BCUT2D eigenvalue weighted by Gasteiger charge is -2.20. The average Bonchev–Trinajstić information content (AvgIpc) is 2.74. The van der Waals surface area contributed by atoms with Crippen molar-refractivity contribution < 1.29 is 13.2 Å². The molecular weight excluding hydrogens is 414 g/mol. The van der Waals surface area contributed by atoms with E-state index < -0.39 is 16.1 Å². The molecule has 2 aromatic carbocycles. The summed E-state index contributed by atoms with van der Waals surface area (Å²) in [4.78, 5) is 25.7. The lowest BCUT2D eigenvalue weighted by molar-refractivity contribution is -0.118. The second kappa shape index (κ2) is 9.03. The number of anilines is 1. The largest absolute Gasteiger partial charge is 0.324 e. The number of nitrogens with zero attached hydrogens (tertiary/aromatic N) is 2. The highest BCUT2D eigenvalue weighted by Gasteiger charge is 2.22. The third-order valence-electron chi connectivity index (χ3n) is 5.40. The molecule has 0 saturated heterocycles. The quantitative estimate of drug-likeness (QED) is 0.607. The van der Waals surface area contributed by atoms with Gasteiger partial charge in [0, 0.05) is 30.2 Å². The van der Waals surface area contributed by atoms with Crippen LogP contribution in [0, 0.1) is 6.92 Å². The number of para-hydroxylation sites is 1. The molecule has 1 N–H and O–H groups in total. The summed E-state index contributed by atoms with van der Waals surface area (Å²) in [6.07, 6.45) is 0. The maximum atomic E-state index is 12.9. The molecule has 8 heteroatoms. The molecular formula is C23H27N3O4S. The molecule has 1 unspecified atom stereocenters. The van der Waals surface area contributed by atoms with Crippen LogP contribution in [0.5, 0.6) is 0 Å². The fourth-order valence-electron chi connectivity index (χ4n) is 3.65. The highest BCUT2D eigenvalue weighted by atomic mass is 32.2. The minimum absolute atomic E-state index is 0.169. The minimum Gasteiger partial charge on any atom is -0.324 e. The molecule has 0 spiro atoms. The Bertz CT molecular complexity index is 1260. The SMILES string of the molecule is CCN(CC)S(=O)(=O)c1ccc(NC(=O)C(C)n2c(=O)cc(C)c3ccccc32)cc1. The van der Waals surface area contributed by atoms with E-state index in [4.69, 9.17) is 0 Å². The number of hydrogen-bond donors (Lipinski definition) is 1. The van der Waals surface area contributed by atoms with E-state index in [1.54, 1.807) is 32.9 Å². The maximum Gasteiger partial charge on any atom is 0.252 e. The summed E-state index contributed by atoms with van der Waals surface area (Å²) in [5.74, 6) is -0.365. The van der Waals surface area contributed by atoms with E-state index in [-0.39, 0.29) is 16.4 Å². The van der Waals surface area contributed by atoms with Crippen molar-refractivity contribution in [3.8, 4) is 0 Å². The van der Waals surface area contributed by atoms with E-state index >= 15 is 0 Å². The summed E-state index contributed by atoms with van der Waals surface area (Å²) in [5.41, 5.74) is 1.75. The Kier molecular flexibility index (Phi) is 6.62. The van der Waals surface area contributed by atoms with E-state index in [1.807, 2.05) is 31.2 Å². The predicted molar refractivity (Wildman–Crippen MR) is 123 cm³/mol. The summed E-state index contributed by atoms with van der Waals surface area (Å²) < 4.78 is 28.1. The van der Waals surface area contributed by atoms with Crippen LogP contribution in [0.4, 0.5) is 5.69 Å². The van der Waals surface area contributed by atoms with Crippen LogP contribution in [0.25, 0.3) is 10.9 Å². The van der Waals surface area contributed by atoms with Gasteiger partial charge in [-0.15, -0.1) is 0 Å². The maximum absolute atomic E-state index is 12.9. The number of hydrogen-bond acceptors (Lipinski definition) is 4. The van der Waals surface area contributed by atoms with Crippen LogP contribution in [0.1, 0.15) is 32.4 Å². The van der Waals surface area contributed by atoms with Crippen molar-refractivity contribution in [2.75, 3.05) is 18.4 Å². The van der Waals surface area contributed by atoms with Crippen LogP contribution in [0.3, 0.4) is 0 Å². The summed E-state index contributed by atoms with van der Waals surface area (Å²) in [7, 11) is -3.56.